The number of fused-ring (bicyclic) bond motifs is 1. The predicted octanol–water partition coefficient (Wildman–Crippen LogP) is 2.88. The van der Waals surface area contributed by atoms with Crippen LogP contribution in [0.2, 0.25) is 0 Å². The summed E-state index contributed by atoms with van der Waals surface area (Å²) in [4.78, 5) is 16.6. The van der Waals surface area contributed by atoms with Crippen molar-refractivity contribution in [3.63, 3.8) is 0 Å². The first kappa shape index (κ1) is 16.4. The van der Waals surface area contributed by atoms with E-state index >= 15 is 0 Å². The van der Waals surface area contributed by atoms with Crippen LogP contribution < -0.4 is 0 Å². The normalized spacial score (nSPS) is 19.0. The molecular weight excluding hydrogens is 290 g/mol. The average Bonchev–Trinajstić information content (AvgIpc) is 3.12. The van der Waals surface area contributed by atoms with Crippen molar-refractivity contribution < 1.29 is 9.53 Å². The van der Waals surface area contributed by atoms with Gasteiger partial charge in [0.05, 0.1) is 6.54 Å². The van der Waals surface area contributed by atoms with E-state index in [9.17, 15) is 4.79 Å². The van der Waals surface area contributed by atoms with Crippen LogP contribution in [0.3, 0.4) is 0 Å². The molecule has 128 valence electrons. The van der Waals surface area contributed by atoms with Gasteiger partial charge in [-0.05, 0) is 58.3 Å². The predicted molar refractivity (Wildman–Crippen MR) is 90.5 cm³/mol. The maximum Gasteiger partial charge on any atom is 0.410 e. The molecule has 5 nitrogen and oxygen atoms in total. The molecule has 2 aliphatic rings. The van der Waals surface area contributed by atoms with Crippen molar-refractivity contribution in [2.45, 2.75) is 58.7 Å². The Labute approximate surface area is 139 Å². The molecule has 1 aromatic rings. The van der Waals surface area contributed by atoms with Gasteiger partial charge in [-0.15, -0.1) is 0 Å². The Bertz CT molecular complexity index is 553. The van der Waals surface area contributed by atoms with Gasteiger partial charge in [-0.1, -0.05) is 0 Å². The van der Waals surface area contributed by atoms with E-state index in [0.29, 0.717) is 6.54 Å². The third-order valence-corrected chi connectivity index (χ3v) is 4.66. The maximum atomic E-state index is 12.2. The van der Waals surface area contributed by atoms with E-state index < -0.39 is 5.60 Å². The maximum absolute atomic E-state index is 12.2. The summed E-state index contributed by atoms with van der Waals surface area (Å²) in [6.07, 6.45) is 5.58. The first-order valence-electron chi connectivity index (χ1n) is 8.79. The van der Waals surface area contributed by atoms with Crippen molar-refractivity contribution in [2.24, 2.45) is 0 Å². The van der Waals surface area contributed by atoms with Crippen molar-refractivity contribution >= 4 is 6.09 Å². The highest BCUT2D eigenvalue weighted by Gasteiger charge is 2.27. The molecule has 2 aliphatic heterocycles. The second-order valence-electron chi connectivity index (χ2n) is 7.68. The second kappa shape index (κ2) is 6.56. The third-order valence-electron chi connectivity index (χ3n) is 4.66. The number of rotatable bonds is 3. The van der Waals surface area contributed by atoms with Gasteiger partial charge in [-0.25, -0.2) is 4.79 Å². The molecule has 0 saturated carbocycles. The second-order valence-corrected chi connectivity index (χ2v) is 7.68. The molecule has 0 bridgehead atoms. The molecule has 0 radical (unpaired) electrons. The molecule has 5 heteroatoms. The van der Waals surface area contributed by atoms with Crippen molar-refractivity contribution in [3.05, 3.63) is 23.5 Å². The Morgan fingerprint density at radius 1 is 1.17 bits per heavy atom. The molecule has 1 fully saturated rings. The molecule has 0 spiro atoms. The Kier molecular flexibility index (Phi) is 4.67. The summed E-state index contributed by atoms with van der Waals surface area (Å²) in [7, 11) is 0. The molecule has 0 N–H and O–H groups in total. The minimum atomic E-state index is -0.432. The Morgan fingerprint density at radius 2 is 1.91 bits per heavy atom. The van der Waals surface area contributed by atoms with Crippen LogP contribution in [0.1, 0.15) is 44.9 Å². The van der Waals surface area contributed by atoms with Crippen LogP contribution in [0.25, 0.3) is 0 Å². The van der Waals surface area contributed by atoms with Crippen LogP contribution in [-0.2, 0) is 24.2 Å². The van der Waals surface area contributed by atoms with Gasteiger partial charge >= 0.3 is 6.09 Å². The number of ether oxygens (including phenoxy) is 1. The monoisotopic (exact) mass is 319 g/mol. The highest BCUT2D eigenvalue weighted by molar-refractivity contribution is 5.68. The molecule has 1 saturated heterocycles. The van der Waals surface area contributed by atoms with Crippen LogP contribution in [0, 0.1) is 0 Å². The first-order chi connectivity index (χ1) is 10.9. The molecule has 0 aromatic carbocycles. The van der Waals surface area contributed by atoms with Crippen molar-refractivity contribution in [2.75, 3.05) is 26.2 Å². The Hall–Kier alpha value is -1.49. The van der Waals surface area contributed by atoms with Crippen molar-refractivity contribution in [1.29, 1.82) is 0 Å². The number of hydrogen-bond acceptors (Lipinski definition) is 3. The summed E-state index contributed by atoms with van der Waals surface area (Å²) in [5.41, 5.74) is 2.23. The molecule has 3 rings (SSSR count). The SMILES string of the molecule is CC(C)(C)OC(=O)N1CCc2c(ccn2CCN2CCCC2)C1. The van der Waals surface area contributed by atoms with E-state index in [1.165, 1.54) is 37.2 Å². The fourth-order valence-electron chi connectivity index (χ4n) is 3.47. The fraction of sp³-hybridized carbons (Fsp3) is 0.722. The standard InChI is InChI=1S/C18H29N3O2/c1-18(2,3)23-17(22)21-11-7-16-15(14-21)6-10-20(16)13-12-19-8-4-5-9-19/h6,10H,4-5,7-9,11-14H2,1-3H3. The van der Waals surface area contributed by atoms with Crippen LogP contribution in [0.15, 0.2) is 12.3 Å². The smallest absolute Gasteiger partial charge is 0.410 e. The van der Waals surface area contributed by atoms with E-state index in [1.807, 2.05) is 25.7 Å². The fourth-order valence-corrected chi connectivity index (χ4v) is 3.47. The summed E-state index contributed by atoms with van der Waals surface area (Å²) in [5.74, 6) is 0. The van der Waals surface area contributed by atoms with Gasteiger partial charge in [0, 0.05) is 37.9 Å². The zero-order valence-corrected chi connectivity index (χ0v) is 14.7. The summed E-state index contributed by atoms with van der Waals surface area (Å²) >= 11 is 0. The lowest BCUT2D eigenvalue weighted by molar-refractivity contribution is 0.0222. The summed E-state index contributed by atoms with van der Waals surface area (Å²) < 4.78 is 7.86. The van der Waals surface area contributed by atoms with Gasteiger partial charge < -0.3 is 19.1 Å². The minimum Gasteiger partial charge on any atom is -0.444 e. The van der Waals surface area contributed by atoms with Crippen LogP contribution in [0.4, 0.5) is 4.79 Å². The molecule has 3 heterocycles. The van der Waals surface area contributed by atoms with Gasteiger partial charge in [0.2, 0.25) is 0 Å². The highest BCUT2D eigenvalue weighted by atomic mass is 16.6. The van der Waals surface area contributed by atoms with Gasteiger partial charge in [-0.2, -0.15) is 0 Å². The number of carbonyl (C=O) groups is 1. The highest BCUT2D eigenvalue weighted by Crippen LogP contribution is 2.22. The third kappa shape index (κ3) is 4.08. The molecule has 23 heavy (non-hydrogen) atoms. The molecule has 0 atom stereocenters. The van der Waals surface area contributed by atoms with E-state index in [0.717, 1.165) is 26.1 Å². The van der Waals surface area contributed by atoms with Crippen molar-refractivity contribution in [3.8, 4) is 0 Å². The summed E-state index contributed by atoms with van der Waals surface area (Å²) in [6, 6.07) is 2.16. The quantitative estimate of drug-likeness (QED) is 0.860. The number of hydrogen-bond donors (Lipinski definition) is 0. The van der Waals surface area contributed by atoms with E-state index in [4.69, 9.17) is 4.74 Å². The lowest BCUT2D eigenvalue weighted by Gasteiger charge is -2.30. The Morgan fingerprint density at radius 3 is 2.61 bits per heavy atom. The average molecular weight is 319 g/mol. The number of carbonyl (C=O) groups excluding carboxylic acids is 1. The van der Waals surface area contributed by atoms with E-state index in [2.05, 4.69) is 21.7 Å². The number of amides is 1. The van der Waals surface area contributed by atoms with Gasteiger partial charge in [0.15, 0.2) is 0 Å². The number of nitrogens with zero attached hydrogens (tertiary/aromatic N) is 3. The zero-order valence-electron chi connectivity index (χ0n) is 14.7. The molecular formula is C18H29N3O2. The van der Waals surface area contributed by atoms with Crippen LogP contribution in [0.5, 0.6) is 0 Å². The zero-order chi connectivity index (χ0) is 16.4. The largest absolute Gasteiger partial charge is 0.444 e. The van der Waals surface area contributed by atoms with Gasteiger partial charge in [0.25, 0.3) is 0 Å². The first-order valence-corrected chi connectivity index (χ1v) is 8.79. The molecule has 0 unspecified atom stereocenters. The topological polar surface area (TPSA) is 37.7 Å². The van der Waals surface area contributed by atoms with Crippen LogP contribution >= 0.6 is 0 Å². The van der Waals surface area contributed by atoms with Gasteiger partial charge in [-0.3, -0.25) is 0 Å². The minimum absolute atomic E-state index is 0.201. The Balaban J connectivity index is 1.58. The van der Waals surface area contributed by atoms with Crippen molar-refractivity contribution in [1.82, 2.24) is 14.4 Å². The van der Waals surface area contributed by atoms with E-state index in [-0.39, 0.29) is 6.09 Å². The summed E-state index contributed by atoms with van der Waals surface area (Å²) in [6.45, 7) is 11.8. The molecule has 0 aliphatic carbocycles. The van der Waals surface area contributed by atoms with Crippen LogP contribution in [-0.4, -0.2) is 52.2 Å². The molecule has 1 aromatic heterocycles. The summed E-state index contributed by atoms with van der Waals surface area (Å²) in [5, 5.41) is 0. The lowest BCUT2D eigenvalue weighted by atomic mass is 10.1. The molecule has 1 amide bonds. The number of likely N-dealkylation sites (tertiary alicyclic amines) is 1. The lowest BCUT2D eigenvalue weighted by Crippen LogP contribution is -2.40. The van der Waals surface area contributed by atoms with Gasteiger partial charge in [0.1, 0.15) is 5.60 Å². The number of aromatic nitrogens is 1. The van der Waals surface area contributed by atoms with E-state index in [1.54, 1.807) is 0 Å².